The number of hydrogen-bond donors (Lipinski definition) is 1. The van der Waals surface area contributed by atoms with Gasteiger partial charge in [0, 0.05) is 5.56 Å². The molecule has 4 amide bonds. The van der Waals surface area contributed by atoms with Crippen molar-refractivity contribution in [3.05, 3.63) is 113 Å². The van der Waals surface area contributed by atoms with Gasteiger partial charge in [-0.3, -0.25) is 14.9 Å². The Morgan fingerprint density at radius 3 is 2.33 bits per heavy atom. The lowest BCUT2D eigenvalue weighted by molar-refractivity contribution is -0.122. The van der Waals surface area contributed by atoms with E-state index in [-0.39, 0.29) is 16.8 Å². The summed E-state index contributed by atoms with van der Waals surface area (Å²) in [4.78, 5) is 50.7. The van der Waals surface area contributed by atoms with Gasteiger partial charge in [-0.25, -0.2) is 14.5 Å². The second kappa shape index (κ2) is 10.6. The van der Waals surface area contributed by atoms with E-state index >= 15 is 0 Å². The average molecular weight is 521 g/mol. The minimum absolute atomic E-state index is 0.202. The minimum atomic E-state index is -0.875. The molecule has 8 heteroatoms. The molecule has 8 nitrogen and oxygen atoms in total. The lowest BCUT2D eigenvalue weighted by Crippen LogP contribution is -2.54. The summed E-state index contributed by atoms with van der Waals surface area (Å²) in [6.07, 6.45) is 1.42. The van der Waals surface area contributed by atoms with Crippen LogP contribution in [0.2, 0.25) is 0 Å². The zero-order valence-corrected chi connectivity index (χ0v) is 21.3. The number of imide groups is 2. The largest absolute Gasteiger partial charge is 0.489 e. The molecule has 1 aliphatic heterocycles. The zero-order valence-electron chi connectivity index (χ0n) is 21.3. The van der Waals surface area contributed by atoms with Crippen molar-refractivity contribution < 1.29 is 28.7 Å². The molecule has 5 rings (SSSR count). The lowest BCUT2D eigenvalue weighted by atomic mass is 10.0. The number of aryl methyl sites for hydroxylation is 1. The second-order valence-corrected chi connectivity index (χ2v) is 8.94. The highest BCUT2D eigenvalue weighted by Gasteiger charge is 2.36. The van der Waals surface area contributed by atoms with Crippen molar-refractivity contribution in [1.29, 1.82) is 0 Å². The number of methoxy groups -OCH3 is 1. The summed E-state index contributed by atoms with van der Waals surface area (Å²) in [5, 5.41) is 4.47. The molecule has 4 aromatic rings. The number of barbiturate groups is 1. The van der Waals surface area contributed by atoms with E-state index in [4.69, 9.17) is 4.74 Å². The van der Waals surface area contributed by atoms with Gasteiger partial charge in [-0.2, -0.15) is 0 Å². The van der Waals surface area contributed by atoms with Crippen LogP contribution in [0.4, 0.5) is 10.5 Å². The average Bonchev–Trinajstić information content (AvgIpc) is 2.95. The van der Waals surface area contributed by atoms with Crippen LogP contribution in [0.25, 0.3) is 16.8 Å². The number of esters is 1. The fraction of sp³-hybridized carbons (Fsp3) is 0.0968. The third kappa shape index (κ3) is 5.13. The molecule has 0 aromatic heterocycles. The Kier molecular flexibility index (Phi) is 6.93. The van der Waals surface area contributed by atoms with Crippen LogP contribution >= 0.6 is 0 Å². The number of ether oxygens (including phenoxy) is 2. The van der Waals surface area contributed by atoms with Crippen molar-refractivity contribution in [2.75, 3.05) is 12.0 Å². The molecule has 194 valence electrons. The highest BCUT2D eigenvalue weighted by atomic mass is 16.5. The molecular formula is C31H24N2O6. The van der Waals surface area contributed by atoms with Crippen molar-refractivity contribution >= 4 is 46.4 Å². The zero-order chi connectivity index (χ0) is 27.5. The van der Waals surface area contributed by atoms with Crippen LogP contribution < -0.4 is 15.0 Å². The molecule has 1 heterocycles. The predicted octanol–water partition coefficient (Wildman–Crippen LogP) is 5.18. The maximum absolute atomic E-state index is 13.2. The van der Waals surface area contributed by atoms with Crippen molar-refractivity contribution in [2.45, 2.75) is 13.5 Å². The van der Waals surface area contributed by atoms with Crippen LogP contribution in [-0.4, -0.2) is 30.9 Å². The van der Waals surface area contributed by atoms with Crippen LogP contribution in [0, 0.1) is 6.92 Å². The summed E-state index contributed by atoms with van der Waals surface area (Å²) in [5.41, 5.74) is 3.08. The molecule has 0 unspecified atom stereocenters. The van der Waals surface area contributed by atoms with Gasteiger partial charge in [0.1, 0.15) is 17.9 Å². The van der Waals surface area contributed by atoms with Gasteiger partial charge in [0.05, 0.1) is 18.4 Å². The first kappa shape index (κ1) is 25.4. The van der Waals surface area contributed by atoms with Gasteiger partial charge in [0.15, 0.2) is 0 Å². The van der Waals surface area contributed by atoms with Gasteiger partial charge in [0.2, 0.25) is 0 Å². The summed E-state index contributed by atoms with van der Waals surface area (Å²) < 4.78 is 10.7. The molecule has 0 atom stereocenters. The van der Waals surface area contributed by atoms with E-state index in [0.717, 1.165) is 26.8 Å². The molecule has 0 radical (unpaired) electrons. The molecule has 0 spiro atoms. The Morgan fingerprint density at radius 1 is 0.897 bits per heavy atom. The summed E-state index contributed by atoms with van der Waals surface area (Å²) in [6.45, 7) is 2.44. The van der Waals surface area contributed by atoms with Gasteiger partial charge in [-0.05, 0) is 71.3 Å². The fourth-order valence-corrected chi connectivity index (χ4v) is 4.38. The third-order valence-corrected chi connectivity index (χ3v) is 6.50. The van der Waals surface area contributed by atoms with Crippen molar-refractivity contribution in [1.82, 2.24) is 5.32 Å². The predicted molar refractivity (Wildman–Crippen MR) is 146 cm³/mol. The molecule has 1 saturated heterocycles. The molecule has 0 aliphatic carbocycles. The van der Waals surface area contributed by atoms with Crippen molar-refractivity contribution in [3.8, 4) is 5.75 Å². The number of carbonyl (C=O) groups is 4. The van der Waals surface area contributed by atoms with E-state index in [1.165, 1.54) is 37.5 Å². The van der Waals surface area contributed by atoms with Crippen LogP contribution in [-0.2, 0) is 20.9 Å². The van der Waals surface area contributed by atoms with Crippen LogP contribution in [0.15, 0.2) is 90.5 Å². The molecule has 1 aliphatic rings. The molecule has 39 heavy (non-hydrogen) atoms. The van der Waals surface area contributed by atoms with E-state index in [9.17, 15) is 19.2 Å². The Labute approximate surface area is 224 Å². The lowest BCUT2D eigenvalue weighted by Gasteiger charge is -2.26. The Hall–Kier alpha value is -5.24. The normalized spacial score (nSPS) is 14.5. The number of benzene rings is 4. The summed E-state index contributed by atoms with van der Waals surface area (Å²) in [6, 6.07) is 24.1. The topological polar surface area (TPSA) is 102 Å². The number of nitrogens with zero attached hydrogens (tertiary/aromatic N) is 1. The first-order valence-electron chi connectivity index (χ1n) is 12.2. The number of rotatable bonds is 6. The Morgan fingerprint density at radius 2 is 1.62 bits per heavy atom. The van der Waals surface area contributed by atoms with Gasteiger partial charge < -0.3 is 9.47 Å². The second-order valence-electron chi connectivity index (χ2n) is 8.94. The van der Waals surface area contributed by atoms with Crippen LogP contribution in [0.1, 0.15) is 27.0 Å². The number of anilines is 1. The minimum Gasteiger partial charge on any atom is -0.489 e. The number of carbonyl (C=O) groups excluding carboxylic acids is 4. The molecule has 4 aromatic carbocycles. The first-order valence-corrected chi connectivity index (χ1v) is 12.2. The van der Waals surface area contributed by atoms with Crippen molar-refractivity contribution in [2.24, 2.45) is 0 Å². The van der Waals surface area contributed by atoms with E-state index < -0.39 is 23.8 Å². The smallest absolute Gasteiger partial charge is 0.337 e. The quantitative estimate of drug-likeness (QED) is 0.214. The Bertz CT molecular complexity index is 1640. The first-order chi connectivity index (χ1) is 18.9. The van der Waals surface area contributed by atoms with Gasteiger partial charge in [-0.1, -0.05) is 48.5 Å². The fourth-order valence-electron chi connectivity index (χ4n) is 4.38. The highest BCUT2D eigenvalue weighted by Crippen LogP contribution is 2.26. The van der Waals surface area contributed by atoms with E-state index in [0.29, 0.717) is 17.9 Å². The van der Waals surface area contributed by atoms with Gasteiger partial charge in [-0.15, -0.1) is 0 Å². The van der Waals surface area contributed by atoms with Crippen LogP contribution in [0.5, 0.6) is 5.75 Å². The number of urea groups is 1. The highest BCUT2D eigenvalue weighted by molar-refractivity contribution is 6.39. The number of amides is 4. The summed E-state index contributed by atoms with van der Waals surface area (Å²) >= 11 is 0. The van der Waals surface area contributed by atoms with Crippen LogP contribution in [0.3, 0.4) is 0 Å². The monoisotopic (exact) mass is 520 g/mol. The van der Waals surface area contributed by atoms with E-state index in [2.05, 4.69) is 34.3 Å². The van der Waals surface area contributed by atoms with Gasteiger partial charge >= 0.3 is 12.0 Å². The third-order valence-electron chi connectivity index (χ3n) is 6.50. The summed E-state index contributed by atoms with van der Waals surface area (Å²) in [5.74, 6) is -1.49. The maximum Gasteiger partial charge on any atom is 0.337 e. The number of hydrogen-bond acceptors (Lipinski definition) is 6. The van der Waals surface area contributed by atoms with E-state index in [1.807, 2.05) is 19.1 Å². The van der Waals surface area contributed by atoms with Crippen molar-refractivity contribution in [3.63, 3.8) is 0 Å². The standard InChI is InChI=1S/C31H24N2O6/c1-19-7-10-21-5-3-4-6-25(21)27(19)18-39-24-15-8-20(9-16-24)17-26-28(34)32-31(37)33(29(26)35)23-13-11-22(12-14-23)30(36)38-2/h3-17H,18H2,1-2H3,(H,32,34,37)/b26-17+. The molecule has 0 saturated carbocycles. The Balaban J connectivity index is 1.33. The van der Waals surface area contributed by atoms with E-state index in [1.54, 1.807) is 24.3 Å². The maximum atomic E-state index is 13.2. The SMILES string of the molecule is COC(=O)c1ccc(N2C(=O)NC(=O)/C(=C\c3ccc(OCc4c(C)ccc5ccccc45)cc3)C2=O)cc1. The number of fused-ring (bicyclic) bond motifs is 1. The molecule has 1 fully saturated rings. The van der Waals surface area contributed by atoms with Gasteiger partial charge in [0.25, 0.3) is 11.8 Å². The molecule has 1 N–H and O–H groups in total. The summed E-state index contributed by atoms with van der Waals surface area (Å²) in [7, 11) is 1.26. The number of nitrogens with one attached hydrogen (secondary N) is 1. The molecule has 0 bridgehead atoms. The molecular weight excluding hydrogens is 496 g/mol.